The summed E-state index contributed by atoms with van der Waals surface area (Å²) in [5.41, 5.74) is 7.30. The van der Waals surface area contributed by atoms with Gasteiger partial charge in [0.2, 0.25) is 0 Å². The maximum Gasteiger partial charge on any atom is 0.166 e. The first-order valence-electron chi connectivity index (χ1n) is 6.18. The monoisotopic (exact) mass is 290 g/mol. The first-order chi connectivity index (χ1) is 9.52. The number of nitriles is 1. The van der Waals surface area contributed by atoms with Gasteiger partial charge in [0.15, 0.2) is 11.6 Å². The lowest BCUT2D eigenvalue weighted by molar-refractivity contribution is 0.175. The summed E-state index contributed by atoms with van der Waals surface area (Å²) in [7, 11) is 0. The molecule has 3 nitrogen and oxygen atoms in total. The lowest BCUT2D eigenvalue weighted by Gasteiger charge is -2.22. The van der Waals surface area contributed by atoms with Crippen molar-refractivity contribution >= 4 is 11.3 Å². The lowest BCUT2D eigenvalue weighted by atomic mass is 10.1. The van der Waals surface area contributed by atoms with Gasteiger partial charge in [0, 0.05) is 10.9 Å². The van der Waals surface area contributed by atoms with E-state index in [1.54, 1.807) is 0 Å². The van der Waals surface area contributed by atoms with Crippen LogP contribution in [0.4, 0.5) is 4.39 Å². The average Bonchev–Trinajstić information content (AvgIpc) is 2.83. The molecule has 0 bridgehead atoms. The van der Waals surface area contributed by atoms with Crippen LogP contribution in [0.3, 0.4) is 0 Å². The number of aryl methyl sites for hydroxylation is 1. The van der Waals surface area contributed by atoms with E-state index in [1.807, 2.05) is 31.4 Å². The molecule has 1 heterocycles. The van der Waals surface area contributed by atoms with E-state index in [0.717, 1.165) is 16.5 Å². The molecule has 2 unspecified atom stereocenters. The Hall–Kier alpha value is -1.90. The molecular formula is C15H15FN2OS. The van der Waals surface area contributed by atoms with Crippen molar-refractivity contribution in [3.63, 3.8) is 0 Å². The van der Waals surface area contributed by atoms with Crippen molar-refractivity contribution in [1.82, 2.24) is 0 Å². The smallest absolute Gasteiger partial charge is 0.166 e. The van der Waals surface area contributed by atoms with E-state index in [-0.39, 0.29) is 17.4 Å². The Labute approximate surface area is 121 Å². The van der Waals surface area contributed by atoms with Crippen LogP contribution in [0.25, 0.3) is 0 Å². The van der Waals surface area contributed by atoms with Crippen molar-refractivity contribution < 1.29 is 9.13 Å². The fraction of sp³-hybridized carbons (Fsp3) is 0.267. The minimum absolute atomic E-state index is 0.110. The van der Waals surface area contributed by atoms with E-state index in [2.05, 4.69) is 0 Å². The molecule has 2 atom stereocenters. The zero-order chi connectivity index (χ0) is 14.7. The Balaban J connectivity index is 2.30. The van der Waals surface area contributed by atoms with Gasteiger partial charge in [-0.2, -0.15) is 5.26 Å². The maximum absolute atomic E-state index is 13.9. The van der Waals surface area contributed by atoms with Crippen molar-refractivity contribution in [2.24, 2.45) is 5.73 Å². The van der Waals surface area contributed by atoms with Gasteiger partial charge in [0.05, 0.1) is 11.6 Å². The van der Waals surface area contributed by atoms with Crippen LogP contribution in [0, 0.1) is 24.1 Å². The maximum atomic E-state index is 13.9. The molecule has 2 N–H and O–H groups in total. The molecule has 0 aliphatic heterocycles. The fourth-order valence-electron chi connectivity index (χ4n) is 1.88. The van der Waals surface area contributed by atoms with Gasteiger partial charge in [-0.1, -0.05) is 0 Å². The third-order valence-electron chi connectivity index (χ3n) is 2.95. The van der Waals surface area contributed by atoms with Crippen LogP contribution in [0.2, 0.25) is 0 Å². The van der Waals surface area contributed by atoms with E-state index < -0.39 is 11.9 Å². The van der Waals surface area contributed by atoms with Gasteiger partial charge in [-0.05, 0) is 49.1 Å². The summed E-state index contributed by atoms with van der Waals surface area (Å²) >= 11 is 1.54. The van der Waals surface area contributed by atoms with Crippen LogP contribution in [-0.2, 0) is 0 Å². The number of nitrogens with zero attached hydrogens (tertiary/aromatic N) is 1. The van der Waals surface area contributed by atoms with Gasteiger partial charge in [0.1, 0.15) is 6.10 Å². The Morgan fingerprint density at radius 2 is 2.15 bits per heavy atom. The van der Waals surface area contributed by atoms with E-state index in [9.17, 15) is 4.39 Å². The minimum atomic E-state index is -0.552. The van der Waals surface area contributed by atoms with E-state index in [4.69, 9.17) is 15.7 Å². The highest BCUT2D eigenvalue weighted by Gasteiger charge is 2.22. The van der Waals surface area contributed by atoms with Crippen LogP contribution in [0.15, 0.2) is 29.6 Å². The highest BCUT2D eigenvalue weighted by molar-refractivity contribution is 7.10. The Kier molecular flexibility index (Phi) is 4.38. The van der Waals surface area contributed by atoms with Crippen molar-refractivity contribution in [2.45, 2.75) is 26.0 Å². The summed E-state index contributed by atoms with van der Waals surface area (Å²) in [6, 6.07) is 7.75. The molecule has 0 radical (unpaired) electrons. The zero-order valence-corrected chi connectivity index (χ0v) is 12.1. The van der Waals surface area contributed by atoms with Crippen LogP contribution in [0.1, 0.15) is 29.0 Å². The van der Waals surface area contributed by atoms with Crippen molar-refractivity contribution in [2.75, 3.05) is 0 Å². The van der Waals surface area contributed by atoms with Crippen LogP contribution >= 0.6 is 11.3 Å². The molecule has 104 valence electrons. The number of halogens is 1. The van der Waals surface area contributed by atoms with E-state index in [0.29, 0.717) is 0 Å². The molecule has 5 heteroatoms. The molecule has 0 saturated carbocycles. The Morgan fingerprint density at radius 1 is 1.40 bits per heavy atom. The predicted octanol–water partition coefficient (Wildman–Crippen LogP) is 3.53. The topological polar surface area (TPSA) is 59.0 Å². The van der Waals surface area contributed by atoms with Gasteiger partial charge in [-0.3, -0.25) is 0 Å². The van der Waals surface area contributed by atoms with Crippen LogP contribution in [-0.4, -0.2) is 6.04 Å². The molecule has 2 aromatic rings. The third kappa shape index (κ3) is 2.98. The highest BCUT2D eigenvalue weighted by Crippen LogP contribution is 2.31. The van der Waals surface area contributed by atoms with Crippen molar-refractivity contribution in [3.8, 4) is 11.8 Å². The summed E-state index contributed by atoms with van der Waals surface area (Å²) < 4.78 is 19.6. The molecular weight excluding hydrogens is 275 g/mol. The molecule has 0 amide bonds. The number of benzene rings is 1. The van der Waals surface area contributed by atoms with Crippen LogP contribution in [0.5, 0.6) is 5.75 Å². The molecule has 0 fully saturated rings. The molecule has 0 saturated heterocycles. The molecule has 1 aromatic carbocycles. The second-order valence-electron chi connectivity index (χ2n) is 4.62. The second-order valence-corrected chi connectivity index (χ2v) is 5.57. The number of rotatable bonds is 4. The van der Waals surface area contributed by atoms with E-state index >= 15 is 0 Å². The number of ether oxygens (including phenoxy) is 1. The molecule has 20 heavy (non-hydrogen) atoms. The van der Waals surface area contributed by atoms with Gasteiger partial charge in [-0.25, -0.2) is 4.39 Å². The molecule has 2 rings (SSSR count). The molecule has 1 aromatic heterocycles. The predicted molar refractivity (Wildman–Crippen MR) is 77.2 cm³/mol. The van der Waals surface area contributed by atoms with Crippen molar-refractivity contribution in [3.05, 3.63) is 51.5 Å². The van der Waals surface area contributed by atoms with Crippen molar-refractivity contribution in [1.29, 1.82) is 5.26 Å². The minimum Gasteiger partial charge on any atom is -0.480 e. The third-order valence-corrected chi connectivity index (χ3v) is 4.03. The fourth-order valence-corrected chi connectivity index (χ4v) is 2.95. The largest absolute Gasteiger partial charge is 0.480 e. The summed E-state index contributed by atoms with van der Waals surface area (Å²) in [4.78, 5) is 0.990. The summed E-state index contributed by atoms with van der Waals surface area (Å²) in [6.07, 6.45) is -0.405. The van der Waals surface area contributed by atoms with Gasteiger partial charge >= 0.3 is 0 Å². The molecule has 0 aliphatic carbocycles. The normalized spacial score (nSPS) is 13.6. The first-order valence-corrected chi connectivity index (χ1v) is 7.06. The number of hydrogen-bond donors (Lipinski definition) is 1. The highest BCUT2D eigenvalue weighted by atomic mass is 32.1. The van der Waals surface area contributed by atoms with Crippen LogP contribution < -0.4 is 10.5 Å². The quantitative estimate of drug-likeness (QED) is 0.937. The van der Waals surface area contributed by atoms with E-state index in [1.165, 1.54) is 23.5 Å². The van der Waals surface area contributed by atoms with Gasteiger partial charge in [0.25, 0.3) is 0 Å². The second kappa shape index (κ2) is 6.04. The number of thiophene rings is 1. The molecule has 0 aliphatic rings. The lowest BCUT2D eigenvalue weighted by Crippen LogP contribution is -2.29. The summed E-state index contributed by atoms with van der Waals surface area (Å²) in [5, 5.41) is 10.7. The average molecular weight is 290 g/mol. The SMILES string of the molecule is Cc1ccsc1C(Oc1ccc(C#N)cc1F)C(C)N. The number of hydrogen-bond acceptors (Lipinski definition) is 4. The van der Waals surface area contributed by atoms with Gasteiger partial charge in [-0.15, -0.1) is 11.3 Å². The molecule has 0 spiro atoms. The summed E-state index contributed by atoms with van der Waals surface area (Å²) in [5.74, 6) is -0.442. The van der Waals surface area contributed by atoms with Gasteiger partial charge < -0.3 is 10.5 Å². The standard InChI is InChI=1S/C15H15FN2OS/c1-9-5-6-20-15(9)14(10(2)18)19-13-4-3-11(8-17)7-12(13)16/h3-7,10,14H,18H2,1-2H3. The number of nitrogens with two attached hydrogens (primary N) is 1. The zero-order valence-electron chi connectivity index (χ0n) is 11.3. The Bertz CT molecular complexity index is 646. The first kappa shape index (κ1) is 14.5. The summed E-state index contributed by atoms with van der Waals surface area (Å²) in [6.45, 7) is 3.80. The Morgan fingerprint density at radius 3 is 2.65 bits per heavy atom.